The van der Waals surface area contributed by atoms with Crippen molar-refractivity contribution < 1.29 is 4.74 Å². The normalized spacial score (nSPS) is 12.9. The summed E-state index contributed by atoms with van der Waals surface area (Å²) in [7, 11) is 0. The summed E-state index contributed by atoms with van der Waals surface area (Å²) in [6.07, 6.45) is 0. The Kier molecular flexibility index (Phi) is 8.14. The number of rotatable bonds is 9. The number of benzene rings is 1. The average Bonchev–Trinajstić information content (AvgIpc) is 2.38. The van der Waals surface area contributed by atoms with Crippen LogP contribution < -0.4 is 5.32 Å². The number of hydrogen-bond acceptors (Lipinski definition) is 3. The van der Waals surface area contributed by atoms with E-state index < -0.39 is 0 Å². The van der Waals surface area contributed by atoms with Gasteiger partial charge >= 0.3 is 0 Å². The average molecular weight is 267 g/mol. The van der Waals surface area contributed by atoms with Gasteiger partial charge in [0.15, 0.2) is 0 Å². The van der Waals surface area contributed by atoms with Gasteiger partial charge < -0.3 is 10.1 Å². The largest absolute Gasteiger partial charge is 0.380 e. The van der Waals surface area contributed by atoms with Crippen LogP contribution in [0.1, 0.15) is 20.8 Å². The molecule has 0 heterocycles. The lowest BCUT2D eigenvalue weighted by molar-refractivity contribution is 0.109. The van der Waals surface area contributed by atoms with Crippen molar-refractivity contribution in [1.82, 2.24) is 5.32 Å². The number of thioether (sulfide) groups is 1. The fourth-order valence-electron chi connectivity index (χ4n) is 1.66. The molecule has 1 unspecified atom stereocenters. The molecule has 0 amide bonds. The fraction of sp³-hybridized carbons (Fsp3) is 0.600. The Morgan fingerprint density at radius 3 is 2.56 bits per heavy atom. The first-order valence-corrected chi connectivity index (χ1v) is 7.71. The molecule has 102 valence electrons. The highest BCUT2D eigenvalue weighted by Crippen LogP contribution is 2.16. The molecule has 0 saturated heterocycles. The number of nitrogens with one attached hydrogen (secondary N) is 1. The highest BCUT2D eigenvalue weighted by molar-refractivity contribution is 7.99. The van der Waals surface area contributed by atoms with Crippen LogP contribution in [0.15, 0.2) is 35.2 Å². The van der Waals surface area contributed by atoms with Crippen LogP contribution >= 0.6 is 11.8 Å². The molecule has 1 aromatic rings. The summed E-state index contributed by atoms with van der Waals surface area (Å²) in [5.74, 6) is 1.71. The van der Waals surface area contributed by atoms with Crippen molar-refractivity contribution in [3.05, 3.63) is 30.3 Å². The van der Waals surface area contributed by atoms with E-state index in [9.17, 15) is 0 Å². The van der Waals surface area contributed by atoms with Crippen molar-refractivity contribution in [2.75, 3.05) is 25.5 Å². The number of hydrogen-bond donors (Lipinski definition) is 1. The summed E-state index contributed by atoms with van der Waals surface area (Å²) >= 11 is 1.89. The fourth-order valence-corrected chi connectivity index (χ4v) is 2.47. The lowest BCUT2D eigenvalue weighted by Crippen LogP contribution is -2.39. The molecule has 0 spiro atoms. The van der Waals surface area contributed by atoms with Gasteiger partial charge in [-0.25, -0.2) is 0 Å². The highest BCUT2D eigenvalue weighted by Gasteiger charge is 2.11. The van der Waals surface area contributed by atoms with Crippen LogP contribution in [-0.2, 0) is 4.74 Å². The van der Waals surface area contributed by atoms with Gasteiger partial charge in [0, 0.05) is 29.8 Å². The van der Waals surface area contributed by atoms with Gasteiger partial charge in [0.05, 0.1) is 6.61 Å². The molecule has 18 heavy (non-hydrogen) atoms. The Bertz CT molecular complexity index is 303. The Balaban J connectivity index is 2.18. The zero-order valence-corrected chi connectivity index (χ0v) is 12.5. The van der Waals surface area contributed by atoms with Gasteiger partial charge in [-0.3, -0.25) is 0 Å². The molecule has 0 aliphatic heterocycles. The molecule has 0 saturated carbocycles. The van der Waals surface area contributed by atoms with Crippen molar-refractivity contribution in [3.8, 4) is 0 Å². The van der Waals surface area contributed by atoms with Crippen molar-refractivity contribution in [3.63, 3.8) is 0 Å². The molecule has 0 aliphatic carbocycles. The lowest BCUT2D eigenvalue weighted by Gasteiger charge is -2.22. The van der Waals surface area contributed by atoms with Crippen LogP contribution in [0.4, 0.5) is 0 Å². The molecule has 2 nitrogen and oxygen atoms in total. The van der Waals surface area contributed by atoms with Gasteiger partial charge in [-0.15, -0.1) is 11.8 Å². The topological polar surface area (TPSA) is 21.3 Å². The van der Waals surface area contributed by atoms with Gasteiger partial charge in [-0.2, -0.15) is 0 Å². The maximum Gasteiger partial charge on any atom is 0.0621 e. The third-order valence-electron chi connectivity index (χ3n) is 2.83. The zero-order valence-electron chi connectivity index (χ0n) is 11.7. The van der Waals surface area contributed by atoms with Crippen LogP contribution in [0.5, 0.6) is 0 Å². The van der Waals surface area contributed by atoms with Gasteiger partial charge in [0.2, 0.25) is 0 Å². The second-order valence-corrected chi connectivity index (χ2v) is 5.79. The summed E-state index contributed by atoms with van der Waals surface area (Å²) in [6.45, 7) is 9.15. The van der Waals surface area contributed by atoms with E-state index in [2.05, 4.69) is 49.5 Å². The van der Waals surface area contributed by atoms with Crippen LogP contribution in [-0.4, -0.2) is 31.6 Å². The minimum atomic E-state index is 0.460. The van der Waals surface area contributed by atoms with Crippen LogP contribution in [0.3, 0.4) is 0 Å². The molecule has 1 aromatic carbocycles. The lowest BCUT2D eigenvalue weighted by atomic mass is 10.1. The van der Waals surface area contributed by atoms with Crippen LogP contribution in [0.2, 0.25) is 0 Å². The van der Waals surface area contributed by atoms with Crippen molar-refractivity contribution >= 4 is 11.8 Å². The van der Waals surface area contributed by atoms with Crippen molar-refractivity contribution in [1.29, 1.82) is 0 Å². The monoisotopic (exact) mass is 267 g/mol. The SMILES string of the molecule is CCOCC(NCCSc1ccccc1)C(C)C. The van der Waals surface area contributed by atoms with E-state index in [0.717, 1.165) is 25.5 Å². The quantitative estimate of drug-likeness (QED) is 0.547. The van der Waals surface area contributed by atoms with Gasteiger partial charge in [-0.1, -0.05) is 32.0 Å². The Morgan fingerprint density at radius 2 is 1.94 bits per heavy atom. The maximum atomic E-state index is 5.50. The minimum absolute atomic E-state index is 0.460. The van der Waals surface area contributed by atoms with E-state index >= 15 is 0 Å². The summed E-state index contributed by atoms with van der Waals surface area (Å²) in [4.78, 5) is 1.34. The predicted octanol–water partition coefficient (Wildman–Crippen LogP) is 3.43. The first-order valence-electron chi connectivity index (χ1n) is 6.73. The summed E-state index contributed by atoms with van der Waals surface area (Å²) in [6, 6.07) is 11.0. The molecule has 0 aliphatic rings. The van der Waals surface area contributed by atoms with E-state index in [-0.39, 0.29) is 0 Å². The maximum absolute atomic E-state index is 5.50. The standard InChI is InChI=1S/C15H25NOS/c1-4-17-12-15(13(2)3)16-10-11-18-14-8-6-5-7-9-14/h5-9,13,15-16H,4,10-12H2,1-3H3. The molecule has 1 atom stereocenters. The molecule has 1 N–H and O–H groups in total. The summed E-state index contributed by atoms with van der Waals surface area (Å²) < 4.78 is 5.50. The molecule has 0 radical (unpaired) electrons. The zero-order chi connectivity index (χ0) is 13.2. The Hall–Kier alpha value is -0.510. The van der Waals surface area contributed by atoms with E-state index in [1.54, 1.807) is 0 Å². The second-order valence-electron chi connectivity index (χ2n) is 4.63. The van der Waals surface area contributed by atoms with Gasteiger partial charge in [-0.05, 0) is 25.0 Å². The Morgan fingerprint density at radius 1 is 1.22 bits per heavy atom. The third kappa shape index (κ3) is 6.43. The minimum Gasteiger partial charge on any atom is -0.380 e. The van der Waals surface area contributed by atoms with E-state index in [1.807, 2.05) is 18.7 Å². The molecule has 0 fully saturated rings. The van der Waals surface area contributed by atoms with Crippen molar-refractivity contribution in [2.24, 2.45) is 5.92 Å². The van der Waals surface area contributed by atoms with E-state index in [0.29, 0.717) is 12.0 Å². The summed E-state index contributed by atoms with van der Waals surface area (Å²) in [5, 5.41) is 3.58. The predicted molar refractivity (Wildman–Crippen MR) is 80.3 cm³/mol. The third-order valence-corrected chi connectivity index (χ3v) is 3.84. The van der Waals surface area contributed by atoms with Gasteiger partial charge in [0.25, 0.3) is 0 Å². The highest BCUT2D eigenvalue weighted by atomic mass is 32.2. The molecular formula is C15H25NOS. The first-order chi connectivity index (χ1) is 8.74. The van der Waals surface area contributed by atoms with Crippen molar-refractivity contribution in [2.45, 2.75) is 31.7 Å². The van der Waals surface area contributed by atoms with Gasteiger partial charge in [0.1, 0.15) is 0 Å². The molecule has 1 rings (SSSR count). The first kappa shape index (κ1) is 15.5. The van der Waals surface area contributed by atoms with Crippen LogP contribution in [0, 0.1) is 5.92 Å². The van der Waals surface area contributed by atoms with E-state index in [4.69, 9.17) is 4.74 Å². The molecule has 0 bridgehead atoms. The summed E-state index contributed by atoms with van der Waals surface area (Å²) in [5.41, 5.74) is 0. The molecular weight excluding hydrogens is 242 g/mol. The number of ether oxygens (including phenoxy) is 1. The smallest absolute Gasteiger partial charge is 0.0621 e. The van der Waals surface area contributed by atoms with E-state index in [1.165, 1.54) is 4.90 Å². The Labute approximate surface area is 116 Å². The molecule has 0 aromatic heterocycles. The van der Waals surface area contributed by atoms with Crippen LogP contribution in [0.25, 0.3) is 0 Å². The molecule has 3 heteroatoms. The second kappa shape index (κ2) is 9.42.